The van der Waals surface area contributed by atoms with Crippen molar-refractivity contribution in [1.82, 2.24) is 4.31 Å². The van der Waals surface area contributed by atoms with Crippen LogP contribution in [0, 0.1) is 17.7 Å². The van der Waals surface area contributed by atoms with Gasteiger partial charge in [-0.1, -0.05) is 19.1 Å². The zero-order valence-electron chi connectivity index (χ0n) is 10.9. The number of rotatable bonds is 3. The molecular formula is C13H19FN2O2S. The first-order chi connectivity index (χ1) is 8.96. The molecule has 1 fully saturated rings. The lowest BCUT2D eigenvalue weighted by molar-refractivity contribution is 0.203. The van der Waals surface area contributed by atoms with E-state index in [1.165, 1.54) is 28.6 Å². The van der Waals surface area contributed by atoms with Crippen LogP contribution in [0.15, 0.2) is 29.2 Å². The van der Waals surface area contributed by atoms with Crippen LogP contribution >= 0.6 is 0 Å². The summed E-state index contributed by atoms with van der Waals surface area (Å²) in [7, 11) is -3.76. The minimum Gasteiger partial charge on any atom is -0.330 e. The van der Waals surface area contributed by atoms with E-state index < -0.39 is 15.8 Å². The zero-order chi connectivity index (χ0) is 14.0. The van der Waals surface area contributed by atoms with E-state index in [4.69, 9.17) is 5.73 Å². The van der Waals surface area contributed by atoms with Crippen LogP contribution in [0.3, 0.4) is 0 Å². The molecule has 106 valence electrons. The Morgan fingerprint density at radius 3 is 2.74 bits per heavy atom. The van der Waals surface area contributed by atoms with Gasteiger partial charge in [0.15, 0.2) is 0 Å². The van der Waals surface area contributed by atoms with Gasteiger partial charge < -0.3 is 5.73 Å². The molecule has 2 rings (SSSR count). The van der Waals surface area contributed by atoms with Crippen molar-refractivity contribution in [2.75, 3.05) is 19.6 Å². The molecule has 19 heavy (non-hydrogen) atoms. The SMILES string of the molecule is CC1CCN(S(=O)(=O)c2ccccc2F)CC1CN. The number of nitrogens with two attached hydrogens (primary N) is 1. The van der Waals surface area contributed by atoms with Crippen molar-refractivity contribution in [3.8, 4) is 0 Å². The van der Waals surface area contributed by atoms with Gasteiger partial charge in [0.05, 0.1) is 0 Å². The number of nitrogens with zero attached hydrogens (tertiary/aromatic N) is 1. The van der Waals surface area contributed by atoms with Crippen molar-refractivity contribution in [2.24, 2.45) is 17.6 Å². The normalized spacial score (nSPS) is 25.4. The molecular weight excluding hydrogens is 267 g/mol. The fraction of sp³-hybridized carbons (Fsp3) is 0.538. The van der Waals surface area contributed by atoms with Gasteiger partial charge in [-0.15, -0.1) is 0 Å². The predicted molar refractivity (Wildman–Crippen MR) is 71.5 cm³/mol. The first-order valence-corrected chi connectivity index (χ1v) is 7.85. The molecule has 2 unspecified atom stereocenters. The van der Waals surface area contributed by atoms with E-state index in [2.05, 4.69) is 6.92 Å². The summed E-state index contributed by atoms with van der Waals surface area (Å²) in [5, 5.41) is 0. The summed E-state index contributed by atoms with van der Waals surface area (Å²) in [6, 6.07) is 5.48. The maximum atomic E-state index is 13.7. The van der Waals surface area contributed by atoms with Gasteiger partial charge in [-0.2, -0.15) is 4.31 Å². The first kappa shape index (κ1) is 14.4. The van der Waals surface area contributed by atoms with Crippen LogP contribution in [0.5, 0.6) is 0 Å². The summed E-state index contributed by atoms with van der Waals surface area (Å²) in [4.78, 5) is -0.250. The lowest BCUT2D eigenvalue weighted by Gasteiger charge is -2.35. The molecule has 1 aromatic carbocycles. The number of piperidine rings is 1. The monoisotopic (exact) mass is 286 g/mol. The summed E-state index contributed by atoms with van der Waals surface area (Å²) in [6.07, 6.45) is 0.759. The minimum absolute atomic E-state index is 0.135. The highest BCUT2D eigenvalue weighted by Gasteiger charge is 2.34. The Morgan fingerprint density at radius 2 is 2.11 bits per heavy atom. The molecule has 2 N–H and O–H groups in total. The van der Waals surface area contributed by atoms with Crippen molar-refractivity contribution in [2.45, 2.75) is 18.2 Å². The fourth-order valence-corrected chi connectivity index (χ4v) is 4.01. The summed E-state index contributed by atoms with van der Waals surface area (Å²) in [5.74, 6) is -0.169. The van der Waals surface area contributed by atoms with Crippen molar-refractivity contribution < 1.29 is 12.8 Å². The Kier molecular flexibility index (Phi) is 4.23. The second-order valence-corrected chi connectivity index (χ2v) is 6.96. The van der Waals surface area contributed by atoms with Crippen LogP contribution in [0.4, 0.5) is 4.39 Å². The standard InChI is InChI=1S/C13H19FN2O2S/c1-10-6-7-16(9-11(10)8-15)19(17,18)13-5-3-2-4-12(13)14/h2-5,10-11H,6-9,15H2,1H3. The predicted octanol–water partition coefficient (Wildman–Crippen LogP) is 1.43. The van der Waals surface area contributed by atoms with E-state index in [0.29, 0.717) is 25.6 Å². The average Bonchev–Trinajstić information content (AvgIpc) is 2.39. The summed E-state index contributed by atoms with van der Waals surface area (Å²) in [5.41, 5.74) is 5.67. The second-order valence-electron chi connectivity index (χ2n) is 5.06. The van der Waals surface area contributed by atoms with Gasteiger partial charge in [-0.3, -0.25) is 0 Å². The summed E-state index contributed by atoms with van der Waals surface area (Å²) >= 11 is 0. The maximum absolute atomic E-state index is 13.7. The molecule has 0 radical (unpaired) electrons. The van der Waals surface area contributed by atoms with Crippen LogP contribution in [0.1, 0.15) is 13.3 Å². The molecule has 1 saturated heterocycles. The number of benzene rings is 1. The Balaban J connectivity index is 2.28. The van der Waals surface area contributed by atoms with Gasteiger partial charge in [0.25, 0.3) is 0 Å². The fourth-order valence-electron chi connectivity index (χ4n) is 2.43. The molecule has 1 heterocycles. The Morgan fingerprint density at radius 1 is 1.42 bits per heavy atom. The van der Waals surface area contributed by atoms with E-state index in [1.807, 2.05) is 0 Å². The van der Waals surface area contributed by atoms with Gasteiger partial charge in [0.2, 0.25) is 10.0 Å². The average molecular weight is 286 g/mol. The van der Waals surface area contributed by atoms with Crippen LogP contribution in [0.25, 0.3) is 0 Å². The highest BCUT2D eigenvalue weighted by atomic mass is 32.2. The van der Waals surface area contributed by atoms with Crippen LogP contribution in [-0.4, -0.2) is 32.4 Å². The van der Waals surface area contributed by atoms with E-state index in [9.17, 15) is 12.8 Å². The quantitative estimate of drug-likeness (QED) is 0.914. The number of hydrogen-bond donors (Lipinski definition) is 1. The molecule has 0 saturated carbocycles. The van der Waals surface area contributed by atoms with Gasteiger partial charge in [-0.25, -0.2) is 12.8 Å². The minimum atomic E-state index is -3.76. The maximum Gasteiger partial charge on any atom is 0.245 e. The highest BCUT2D eigenvalue weighted by Crippen LogP contribution is 2.27. The number of hydrogen-bond acceptors (Lipinski definition) is 3. The van der Waals surface area contributed by atoms with Gasteiger partial charge in [-0.05, 0) is 36.9 Å². The van der Waals surface area contributed by atoms with E-state index in [1.54, 1.807) is 0 Å². The molecule has 6 heteroatoms. The molecule has 0 spiro atoms. The topological polar surface area (TPSA) is 63.4 Å². The zero-order valence-corrected chi connectivity index (χ0v) is 11.7. The third-order valence-electron chi connectivity index (χ3n) is 3.83. The molecule has 4 nitrogen and oxygen atoms in total. The van der Waals surface area contributed by atoms with Crippen molar-refractivity contribution in [1.29, 1.82) is 0 Å². The molecule has 0 bridgehead atoms. The molecule has 1 aromatic rings. The third-order valence-corrected chi connectivity index (χ3v) is 5.73. The largest absolute Gasteiger partial charge is 0.330 e. The number of halogens is 1. The summed E-state index contributed by atoms with van der Waals surface area (Å²) < 4.78 is 39.9. The van der Waals surface area contributed by atoms with E-state index in [0.717, 1.165) is 6.42 Å². The first-order valence-electron chi connectivity index (χ1n) is 6.41. The molecule has 1 aliphatic heterocycles. The lowest BCUT2D eigenvalue weighted by atomic mass is 9.88. The number of sulfonamides is 1. The molecule has 0 amide bonds. The van der Waals surface area contributed by atoms with Crippen molar-refractivity contribution in [3.63, 3.8) is 0 Å². The Hall–Kier alpha value is -0.980. The van der Waals surface area contributed by atoms with Crippen LogP contribution in [-0.2, 0) is 10.0 Å². The van der Waals surface area contributed by atoms with Gasteiger partial charge in [0.1, 0.15) is 10.7 Å². The van der Waals surface area contributed by atoms with Crippen molar-refractivity contribution >= 4 is 10.0 Å². The van der Waals surface area contributed by atoms with Crippen LogP contribution in [0.2, 0.25) is 0 Å². The Bertz CT molecular complexity index is 547. The van der Waals surface area contributed by atoms with Crippen LogP contribution < -0.4 is 5.73 Å². The van der Waals surface area contributed by atoms with Crippen molar-refractivity contribution in [3.05, 3.63) is 30.1 Å². The van der Waals surface area contributed by atoms with E-state index >= 15 is 0 Å². The van der Waals surface area contributed by atoms with Gasteiger partial charge in [0, 0.05) is 13.1 Å². The molecule has 0 aromatic heterocycles. The van der Waals surface area contributed by atoms with E-state index in [-0.39, 0.29) is 10.8 Å². The third kappa shape index (κ3) is 2.80. The highest BCUT2D eigenvalue weighted by molar-refractivity contribution is 7.89. The smallest absolute Gasteiger partial charge is 0.245 e. The lowest BCUT2D eigenvalue weighted by Crippen LogP contribution is -2.45. The molecule has 0 aliphatic carbocycles. The second kappa shape index (κ2) is 5.56. The van der Waals surface area contributed by atoms with Gasteiger partial charge >= 0.3 is 0 Å². The Labute approximate surface area is 113 Å². The molecule has 1 aliphatic rings. The molecule has 2 atom stereocenters. The summed E-state index contributed by atoms with van der Waals surface area (Å²) in [6.45, 7) is 3.32.